The van der Waals surface area contributed by atoms with Crippen molar-refractivity contribution in [1.82, 2.24) is 10.2 Å². The molecule has 1 aromatic carbocycles. The van der Waals surface area contributed by atoms with Crippen LogP contribution in [-0.4, -0.2) is 31.1 Å². The smallest absolute Gasteiger partial charge is 0.133 e. The van der Waals surface area contributed by atoms with Gasteiger partial charge in [0.1, 0.15) is 17.5 Å². The van der Waals surface area contributed by atoms with E-state index in [2.05, 4.69) is 10.2 Å². The molecule has 118 valence electrons. The maximum absolute atomic E-state index is 14.1. The second-order valence-electron chi connectivity index (χ2n) is 5.76. The standard InChI is InChI=1S/C15H19F3N2.ClH/c16-11-8-12(17)15(13(18)9-11)14(7-10-1-2-10)20-5-3-19-4-6-20;/h8-10,14,19H,1-7H2;1H/t14-;/m0./s1. The molecule has 1 aliphatic heterocycles. The van der Waals surface area contributed by atoms with E-state index in [9.17, 15) is 13.2 Å². The largest absolute Gasteiger partial charge is 0.314 e. The summed E-state index contributed by atoms with van der Waals surface area (Å²) in [6, 6.07) is 1.31. The highest BCUT2D eigenvalue weighted by atomic mass is 35.5. The fourth-order valence-electron chi connectivity index (χ4n) is 2.98. The van der Waals surface area contributed by atoms with Crippen LogP contribution in [0.3, 0.4) is 0 Å². The zero-order valence-electron chi connectivity index (χ0n) is 11.7. The van der Waals surface area contributed by atoms with Crippen molar-refractivity contribution in [2.24, 2.45) is 5.92 Å². The fraction of sp³-hybridized carbons (Fsp3) is 0.600. The molecule has 1 aliphatic carbocycles. The molecule has 1 atom stereocenters. The van der Waals surface area contributed by atoms with E-state index in [1.54, 1.807) is 0 Å². The van der Waals surface area contributed by atoms with Gasteiger partial charge in [0.15, 0.2) is 0 Å². The summed E-state index contributed by atoms with van der Waals surface area (Å²) in [7, 11) is 0. The minimum atomic E-state index is -0.853. The van der Waals surface area contributed by atoms with E-state index in [-0.39, 0.29) is 24.0 Å². The van der Waals surface area contributed by atoms with E-state index in [1.165, 1.54) is 0 Å². The molecule has 1 saturated carbocycles. The van der Waals surface area contributed by atoms with Crippen molar-refractivity contribution in [3.8, 4) is 0 Å². The van der Waals surface area contributed by atoms with E-state index in [0.29, 0.717) is 5.92 Å². The first-order valence-corrected chi connectivity index (χ1v) is 7.24. The van der Waals surface area contributed by atoms with Gasteiger partial charge in [-0.2, -0.15) is 0 Å². The summed E-state index contributed by atoms with van der Waals surface area (Å²) in [4.78, 5) is 2.12. The molecule has 1 N–H and O–H groups in total. The van der Waals surface area contributed by atoms with Crippen molar-refractivity contribution in [3.63, 3.8) is 0 Å². The van der Waals surface area contributed by atoms with Gasteiger partial charge in [-0.1, -0.05) is 12.8 Å². The first-order valence-electron chi connectivity index (χ1n) is 7.24. The van der Waals surface area contributed by atoms with Crippen molar-refractivity contribution < 1.29 is 13.2 Å². The quantitative estimate of drug-likeness (QED) is 0.916. The molecular weight excluding hydrogens is 301 g/mol. The zero-order valence-corrected chi connectivity index (χ0v) is 12.6. The summed E-state index contributed by atoms with van der Waals surface area (Å²) >= 11 is 0. The lowest BCUT2D eigenvalue weighted by molar-refractivity contribution is 0.154. The monoisotopic (exact) mass is 320 g/mol. The third kappa shape index (κ3) is 3.90. The Balaban J connectivity index is 0.00000161. The van der Waals surface area contributed by atoms with Gasteiger partial charge in [-0.25, -0.2) is 13.2 Å². The first-order chi connectivity index (χ1) is 9.65. The number of nitrogens with one attached hydrogen (secondary N) is 1. The summed E-state index contributed by atoms with van der Waals surface area (Å²) in [5.74, 6) is -1.81. The number of hydrogen-bond donors (Lipinski definition) is 1. The van der Waals surface area contributed by atoms with Crippen molar-refractivity contribution in [2.45, 2.75) is 25.3 Å². The number of nitrogens with zero attached hydrogens (tertiary/aromatic N) is 1. The Hall–Kier alpha value is -0.780. The van der Waals surface area contributed by atoms with Crippen LogP contribution in [0.2, 0.25) is 0 Å². The third-order valence-electron chi connectivity index (χ3n) is 4.22. The lowest BCUT2D eigenvalue weighted by atomic mass is 9.97. The van der Waals surface area contributed by atoms with E-state index in [4.69, 9.17) is 0 Å². The van der Waals surface area contributed by atoms with E-state index in [1.807, 2.05) is 0 Å². The molecule has 0 unspecified atom stereocenters. The topological polar surface area (TPSA) is 15.3 Å². The predicted molar refractivity (Wildman–Crippen MR) is 78.1 cm³/mol. The summed E-state index contributed by atoms with van der Waals surface area (Å²) in [5, 5.41) is 3.24. The van der Waals surface area contributed by atoms with Crippen LogP contribution in [0, 0.1) is 23.4 Å². The van der Waals surface area contributed by atoms with Gasteiger partial charge in [-0.3, -0.25) is 4.90 Å². The average Bonchev–Trinajstić information content (AvgIpc) is 3.21. The van der Waals surface area contributed by atoms with E-state index < -0.39 is 17.5 Å². The van der Waals surface area contributed by atoms with Gasteiger partial charge in [-0.15, -0.1) is 12.4 Å². The molecule has 1 aromatic rings. The molecule has 0 bridgehead atoms. The molecule has 6 heteroatoms. The number of piperazine rings is 1. The van der Waals surface area contributed by atoms with Gasteiger partial charge in [0, 0.05) is 49.9 Å². The Bertz CT molecular complexity index is 465. The number of benzene rings is 1. The van der Waals surface area contributed by atoms with Crippen LogP contribution in [0.25, 0.3) is 0 Å². The van der Waals surface area contributed by atoms with Gasteiger partial charge >= 0.3 is 0 Å². The molecule has 0 amide bonds. The van der Waals surface area contributed by atoms with Crippen LogP contribution >= 0.6 is 12.4 Å². The van der Waals surface area contributed by atoms with Crippen LogP contribution < -0.4 is 5.32 Å². The second-order valence-corrected chi connectivity index (χ2v) is 5.76. The molecule has 2 aliphatic rings. The summed E-state index contributed by atoms with van der Waals surface area (Å²) in [6.45, 7) is 3.19. The highest BCUT2D eigenvalue weighted by molar-refractivity contribution is 5.85. The molecule has 1 saturated heterocycles. The van der Waals surface area contributed by atoms with Crippen LogP contribution in [0.1, 0.15) is 30.9 Å². The Morgan fingerprint density at radius 3 is 2.19 bits per heavy atom. The Morgan fingerprint density at radius 1 is 1.10 bits per heavy atom. The minimum absolute atomic E-state index is 0. The lowest BCUT2D eigenvalue weighted by Crippen LogP contribution is -2.45. The molecule has 21 heavy (non-hydrogen) atoms. The number of rotatable bonds is 4. The SMILES string of the molecule is Cl.Fc1cc(F)c([C@H](CC2CC2)N2CCNCC2)c(F)c1. The number of hydrogen-bond acceptors (Lipinski definition) is 2. The maximum Gasteiger partial charge on any atom is 0.133 e. The second kappa shape index (κ2) is 6.99. The molecular formula is C15H20ClF3N2. The highest BCUT2D eigenvalue weighted by Crippen LogP contribution is 2.41. The Kier molecular flexibility index (Phi) is 5.52. The summed E-state index contributed by atoms with van der Waals surface area (Å²) in [5.41, 5.74) is 0.0419. The molecule has 0 aromatic heterocycles. The fourth-order valence-corrected chi connectivity index (χ4v) is 2.98. The summed E-state index contributed by atoms with van der Waals surface area (Å²) in [6.07, 6.45) is 3.03. The van der Waals surface area contributed by atoms with Crippen LogP contribution in [0.15, 0.2) is 12.1 Å². The van der Waals surface area contributed by atoms with Crippen molar-refractivity contribution >= 4 is 12.4 Å². The van der Waals surface area contributed by atoms with E-state index >= 15 is 0 Å². The van der Waals surface area contributed by atoms with E-state index in [0.717, 1.165) is 57.6 Å². The van der Waals surface area contributed by atoms with Crippen LogP contribution in [-0.2, 0) is 0 Å². The van der Waals surface area contributed by atoms with Gasteiger partial charge < -0.3 is 5.32 Å². The maximum atomic E-state index is 14.1. The number of halogens is 4. The average molecular weight is 321 g/mol. The molecule has 3 rings (SSSR count). The van der Waals surface area contributed by atoms with Gasteiger partial charge in [0.2, 0.25) is 0 Å². The summed E-state index contributed by atoms with van der Waals surface area (Å²) < 4.78 is 41.2. The molecule has 2 fully saturated rings. The van der Waals surface area contributed by atoms with Crippen LogP contribution in [0.5, 0.6) is 0 Å². The Labute approximate surface area is 129 Å². The van der Waals surface area contributed by atoms with Gasteiger partial charge in [0.05, 0.1) is 0 Å². The predicted octanol–water partition coefficient (Wildman–Crippen LogP) is 3.27. The molecule has 2 nitrogen and oxygen atoms in total. The minimum Gasteiger partial charge on any atom is -0.314 e. The van der Waals surface area contributed by atoms with Crippen molar-refractivity contribution in [2.75, 3.05) is 26.2 Å². The van der Waals surface area contributed by atoms with Crippen molar-refractivity contribution in [3.05, 3.63) is 35.1 Å². The normalized spacial score (nSPS) is 20.9. The molecule has 0 radical (unpaired) electrons. The molecule has 0 spiro atoms. The van der Waals surface area contributed by atoms with Gasteiger partial charge in [-0.05, 0) is 12.3 Å². The first kappa shape index (κ1) is 16.6. The van der Waals surface area contributed by atoms with Crippen LogP contribution in [0.4, 0.5) is 13.2 Å². The van der Waals surface area contributed by atoms with Crippen molar-refractivity contribution in [1.29, 1.82) is 0 Å². The Morgan fingerprint density at radius 2 is 1.67 bits per heavy atom. The third-order valence-corrected chi connectivity index (χ3v) is 4.22. The lowest BCUT2D eigenvalue weighted by Gasteiger charge is -2.35. The highest BCUT2D eigenvalue weighted by Gasteiger charge is 2.33. The zero-order chi connectivity index (χ0) is 14.1. The van der Waals surface area contributed by atoms with Gasteiger partial charge in [0.25, 0.3) is 0 Å². The molecule has 1 heterocycles.